The van der Waals surface area contributed by atoms with Crippen molar-refractivity contribution in [3.8, 4) is 11.5 Å². The Morgan fingerprint density at radius 3 is 2.67 bits per heavy atom. The Hall–Kier alpha value is -2.50. The fourth-order valence-corrected chi connectivity index (χ4v) is 4.13. The average Bonchev–Trinajstić information content (AvgIpc) is 3.12. The predicted octanol–water partition coefficient (Wildman–Crippen LogP) is 3.42. The third kappa shape index (κ3) is 3.66. The van der Waals surface area contributed by atoms with Gasteiger partial charge in [0.1, 0.15) is 5.82 Å². The number of carbonyl (C=O) groups excluding carboxylic acids is 1. The van der Waals surface area contributed by atoms with Crippen LogP contribution in [0.3, 0.4) is 0 Å². The van der Waals surface area contributed by atoms with Gasteiger partial charge in [-0.1, -0.05) is 6.42 Å². The van der Waals surface area contributed by atoms with Gasteiger partial charge in [0.2, 0.25) is 0 Å². The Balaban J connectivity index is 1.38. The van der Waals surface area contributed by atoms with E-state index >= 15 is 0 Å². The van der Waals surface area contributed by atoms with E-state index in [0.29, 0.717) is 30.3 Å². The van der Waals surface area contributed by atoms with E-state index in [-0.39, 0.29) is 11.7 Å². The second-order valence-corrected chi connectivity index (χ2v) is 7.69. The smallest absolute Gasteiger partial charge is 0.253 e. The molecule has 6 nitrogen and oxygen atoms in total. The minimum atomic E-state index is -0.0378. The van der Waals surface area contributed by atoms with Crippen LogP contribution in [0.15, 0.2) is 30.6 Å². The van der Waals surface area contributed by atoms with Crippen LogP contribution in [0.1, 0.15) is 54.2 Å². The van der Waals surface area contributed by atoms with Crippen LogP contribution in [0.25, 0.3) is 0 Å². The van der Waals surface area contributed by atoms with Crippen molar-refractivity contribution < 1.29 is 14.6 Å². The van der Waals surface area contributed by atoms with Crippen molar-refractivity contribution in [3.05, 3.63) is 42.0 Å². The van der Waals surface area contributed by atoms with Gasteiger partial charge >= 0.3 is 0 Å². The zero-order valence-electron chi connectivity index (χ0n) is 15.8. The lowest BCUT2D eigenvalue weighted by molar-refractivity contribution is 0.0709. The molecule has 1 aliphatic heterocycles. The van der Waals surface area contributed by atoms with E-state index in [1.54, 1.807) is 12.1 Å². The van der Waals surface area contributed by atoms with Gasteiger partial charge < -0.3 is 19.3 Å². The number of nitrogens with zero attached hydrogens (tertiary/aromatic N) is 3. The lowest BCUT2D eigenvalue weighted by atomic mass is 9.85. The van der Waals surface area contributed by atoms with E-state index in [0.717, 1.165) is 25.3 Å². The van der Waals surface area contributed by atoms with Crippen molar-refractivity contribution in [1.82, 2.24) is 14.5 Å². The first kappa shape index (κ1) is 17.9. The van der Waals surface area contributed by atoms with Gasteiger partial charge in [0.05, 0.1) is 7.11 Å². The lowest BCUT2D eigenvalue weighted by Crippen LogP contribution is -2.38. The molecule has 1 aliphatic carbocycles. The molecule has 2 aromatic rings. The first-order chi connectivity index (χ1) is 13.2. The first-order valence-corrected chi connectivity index (χ1v) is 9.83. The molecular weight excluding hydrogens is 342 g/mol. The Morgan fingerprint density at radius 1 is 1.26 bits per heavy atom. The monoisotopic (exact) mass is 369 g/mol. The SMILES string of the molecule is COc1ccc(C(=O)N2CCC(c3nccn3CC3CCC3)CC2)cc1O. The van der Waals surface area contributed by atoms with Crippen LogP contribution in [-0.4, -0.2) is 45.7 Å². The number of amides is 1. The molecule has 0 atom stereocenters. The quantitative estimate of drug-likeness (QED) is 0.877. The number of piperidine rings is 1. The molecule has 2 fully saturated rings. The summed E-state index contributed by atoms with van der Waals surface area (Å²) in [5.41, 5.74) is 0.498. The molecule has 0 bridgehead atoms. The summed E-state index contributed by atoms with van der Waals surface area (Å²) in [6, 6.07) is 4.82. The maximum Gasteiger partial charge on any atom is 0.253 e. The zero-order valence-corrected chi connectivity index (χ0v) is 15.8. The molecule has 144 valence electrons. The van der Waals surface area contributed by atoms with E-state index in [4.69, 9.17) is 4.74 Å². The summed E-state index contributed by atoms with van der Waals surface area (Å²) in [5, 5.41) is 9.93. The maximum absolute atomic E-state index is 12.8. The summed E-state index contributed by atoms with van der Waals surface area (Å²) in [6.45, 7) is 2.51. The van der Waals surface area contributed by atoms with Crippen LogP contribution in [-0.2, 0) is 6.54 Å². The van der Waals surface area contributed by atoms with Crippen molar-refractivity contribution in [3.63, 3.8) is 0 Å². The number of likely N-dealkylation sites (tertiary alicyclic amines) is 1. The molecule has 0 unspecified atom stereocenters. The minimum absolute atomic E-state index is 0.00347. The van der Waals surface area contributed by atoms with Crippen molar-refractivity contribution in [2.45, 2.75) is 44.6 Å². The topological polar surface area (TPSA) is 67.6 Å². The molecule has 2 aliphatic rings. The highest BCUT2D eigenvalue weighted by atomic mass is 16.5. The third-order valence-corrected chi connectivity index (χ3v) is 6.00. The number of phenolic OH excluding ortho intramolecular Hbond substituents is 1. The summed E-state index contributed by atoms with van der Waals surface area (Å²) in [7, 11) is 1.50. The number of phenols is 1. The van der Waals surface area contributed by atoms with Crippen LogP contribution >= 0.6 is 0 Å². The summed E-state index contributed by atoms with van der Waals surface area (Å²) >= 11 is 0. The first-order valence-electron chi connectivity index (χ1n) is 9.83. The molecule has 1 aromatic carbocycles. The lowest BCUT2D eigenvalue weighted by Gasteiger charge is -2.33. The van der Waals surface area contributed by atoms with Crippen molar-refractivity contribution >= 4 is 5.91 Å². The van der Waals surface area contributed by atoms with Crippen LogP contribution in [0.4, 0.5) is 0 Å². The fourth-order valence-electron chi connectivity index (χ4n) is 4.13. The van der Waals surface area contributed by atoms with E-state index in [2.05, 4.69) is 15.7 Å². The van der Waals surface area contributed by atoms with E-state index in [1.807, 2.05) is 11.1 Å². The number of rotatable bonds is 5. The highest BCUT2D eigenvalue weighted by Crippen LogP contribution is 2.32. The van der Waals surface area contributed by atoms with Crippen LogP contribution in [0, 0.1) is 5.92 Å². The molecular formula is C21H27N3O3. The Morgan fingerprint density at radius 2 is 2.04 bits per heavy atom. The second kappa shape index (κ2) is 7.62. The number of ether oxygens (including phenoxy) is 1. The van der Waals surface area contributed by atoms with Crippen LogP contribution in [0.2, 0.25) is 0 Å². The van der Waals surface area contributed by atoms with Gasteiger partial charge in [0.25, 0.3) is 5.91 Å². The largest absolute Gasteiger partial charge is 0.504 e. The number of benzene rings is 1. The van der Waals surface area contributed by atoms with Gasteiger partial charge in [-0.15, -0.1) is 0 Å². The van der Waals surface area contributed by atoms with Crippen molar-refractivity contribution in [1.29, 1.82) is 0 Å². The zero-order chi connectivity index (χ0) is 18.8. The normalized spacial score (nSPS) is 18.3. The highest BCUT2D eigenvalue weighted by molar-refractivity contribution is 5.95. The van der Waals surface area contributed by atoms with Gasteiger partial charge in [-0.25, -0.2) is 4.98 Å². The predicted molar refractivity (Wildman–Crippen MR) is 102 cm³/mol. The number of hydrogen-bond acceptors (Lipinski definition) is 4. The van der Waals surface area contributed by atoms with Crippen molar-refractivity contribution in [2.75, 3.05) is 20.2 Å². The molecule has 4 rings (SSSR count). The minimum Gasteiger partial charge on any atom is -0.504 e. The maximum atomic E-state index is 12.8. The Kier molecular flexibility index (Phi) is 5.05. The van der Waals surface area contributed by atoms with E-state index < -0.39 is 0 Å². The number of carbonyl (C=O) groups is 1. The number of methoxy groups -OCH3 is 1. The molecule has 1 saturated heterocycles. The van der Waals surface area contributed by atoms with Gasteiger partial charge in [0.15, 0.2) is 11.5 Å². The number of aromatic nitrogens is 2. The molecule has 27 heavy (non-hydrogen) atoms. The van der Waals surface area contributed by atoms with E-state index in [1.165, 1.54) is 38.3 Å². The molecule has 1 N–H and O–H groups in total. The van der Waals surface area contributed by atoms with Gasteiger partial charge in [0, 0.05) is 43.5 Å². The molecule has 0 spiro atoms. The Bertz CT molecular complexity index is 805. The van der Waals surface area contributed by atoms with Crippen LogP contribution in [0.5, 0.6) is 11.5 Å². The Labute approximate surface area is 159 Å². The standard InChI is InChI=1S/C21H27N3O3/c1-27-19-6-5-17(13-18(19)25)21(26)23-10-7-16(8-11-23)20-22-9-12-24(20)14-15-3-2-4-15/h5-6,9,12-13,15-16,25H,2-4,7-8,10-11,14H2,1H3. The molecule has 1 aromatic heterocycles. The summed E-state index contributed by atoms with van der Waals surface area (Å²) in [6.07, 6.45) is 9.89. The molecule has 1 saturated carbocycles. The summed E-state index contributed by atoms with van der Waals surface area (Å²) in [5.74, 6) is 2.73. The highest BCUT2D eigenvalue weighted by Gasteiger charge is 2.28. The second-order valence-electron chi connectivity index (χ2n) is 7.69. The van der Waals surface area contributed by atoms with Gasteiger partial charge in [-0.3, -0.25) is 4.79 Å². The molecule has 2 heterocycles. The number of hydrogen-bond donors (Lipinski definition) is 1. The molecule has 0 radical (unpaired) electrons. The van der Waals surface area contributed by atoms with E-state index in [9.17, 15) is 9.90 Å². The molecule has 6 heteroatoms. The number of imidazole rings is 1. The van der Waals surface area contributed by atoms with Gasteiger partial charge in [-0.05, 0) is 49.8 Å². The van der Waals surface area contributed by atoms with Crippen molar-refractivity contribution in [2.24, 2.45) is 5.92 Å². The van der Waals surface area contributed by atoms with Crippen LogP contribution < -0.4 is 4.74 Å². The number of aromatic hydroxyl groups is 1. The third-order valence-electron chi connectivity index (χ3n) is 6.00. The molecule has 1 amide bonds. The summed E-state index contributed by atoms with van der Waals surface area (Å²) < 4.78 is 7.37. The average molecular weight is 369 g/mol. The van der Waals surface area contributed by atoms with Gasteiger partial charge in [-0.2, -0.15) is 0 Å². The summed E-state index contributed by atoms with van der Waals surface area (Å²) in [4.78, 5) is 19.3. The fraction of sp³-hybridized carbons (Fsp3) is 0.524.